The van der Waals surface area contributed by atoms with Crippen molar-refractivity contribution in [3.8, 4) is 0 Å². The first kappa shape index (κ1) is 30.1. The molecule has 0 atom stereocenters. The molecule has 0 aliphatic carbocycles. The lowest BCUT2D eigenvalue weighted by Crippen LogP contribution is -2.43. The number of anilines is 4. The van der Waals surface area contributed by atoms with E-state index in [1.807, 2.05) is 54.6 Å². The third-order valence-electron chi connectivity index (χ3n) is 7.75. The maximum Gasteiger partial charge on any atom is 0.261 e. The van der Waals surface area contributed by atoms with E-state index in [4.69, 9.17) is 4.74 Å². The molecule has 0 spiro atoms. The molecule has 0 bridgehead atoms. The second-order valence-electron chi connectivity index (χ2n) is 10.8. The van der Waals surface area contributed by atoms with Crippen LogP contribution in [-0.4, -0.2) is 65.0 Å². The van der Waals surface area contributed by atoms with Crippen molar-refractivity contribution in [2.24, 2.45) is 0 Å². The molecule has 230 valence electrons. The molecule has 45 heavy (non-hydrogen) atoms. The summed E-state index contributed by atoms with van der Waals surface area (Å²) in [4.78, 5) is 30.1. The molecule has 1 fully saturated rings. The number of sulfonamides is 1. The lowest BCUT2D eigenvalue weighted by molar-refractivity contribution is -0.120. The van der Waals surface area contributed by atoms with E-state index < -0.39 is 10.0 Å². The van der Waals surface area contributed by atoms with Crippen LogP contribution in [0.2, 0.25) is 0 Å². The molecule has 2 heterocycles. The molecule has 0 aromatic heterocycles. The topological polar surface area (TPSA) is 120 Å². The number of morpholine rings is 1. The Morgan fingerprint density at radius 3 is 2.24 bits per heavy atom. The molecule has 4 aromatic rings. The molecule has 4 aromatic carbocycles. The highest BCUT2D eigenvalue weighted by Crippen LogP contribution is 2.39. The van der Waals surface area contributed by atoms with Crippen molar-refractivity contribution in [3.63, 3.8) is 0 Å². The van der Waals surface area contributed by atoms with Crippen molar-refractivity contribution in [3.05, 3.63) is 114 Å². The van der Waals surface area contributed by atoms with Crippen molar-refractivity contribution in [1.29, 1.82) is 0 Å². The highest BCUT2D eigenvalue weighted by atomic mass is 32.2. The van der Waals surface area contributed by atoms with E-state index in [1.165, 1.54) is 12.1 Å². The van der Waals surface area contributed by atoms with E-state index in [2.05, 4.69) is 20.3 Å². The molecule has 3 N–H and O–H groups in total. The number of nitrogens with zero attached hydrogens (tertiary/aromatic N) is 2. The van der Waals surface area contributed by atoms with Gasteiger partial charge in [-0.05, 0) is 60.2 Å². The minimum Gasteiger partial charge on any atom is -0.379 e. The minimum atomic E-state index is -3.93. The Balaban J connectivity index is 1.31. The largest absolute Gasteiger partial charge is 0.379 e. The van der Waals surface area contributed by atoms with Crippen molar-refractivity contribution < 1.29 is 22.7 Å². The molecular weight excluding hydrogens is 590 g/mol. The zero-order chi connectivity index (χ0) is 31.4. The van der Waals surface area contributed by atoms with E-state index >= 15 is 0 Å². The molecule has 1 saturated heterocycles. The highest BCUT2D eigenvalue weighted by Gasteiger charge is 2.30. The number of para-hydroxylation sites is 1. The minimum absolute atomic E-state index is 0.0172. The Kier molecular flexibility index (Phi) is 8.65. The third kappa shape index (κ3) is 6.75. The van der Waals surface area contributed by atoms with Crippen molar-refractivity contribution in [1.82, 2.24) is 4.90 Å². The summed E-state index contributed by atoms with van der Waals surface area (Å²) in [5, 5.41) is 6.27. The van der Waals surface area contributed by atoms with E-state index in [1.54, 1.807) is 48.3 Å². The lowest BCUT2D eigenvalue weighted by Gasteiger charge is -2.28. The number of ether oxygens (including phenoxy) is 1. The number of hydrogen-bond acceptors (Lipinski definition) is 7. The Labute approximate surface area is 262 Å². The van der Waals surface area contributed by atoms with Gasteiger partial charge in [0.2, 0.25) is 5.91 Å². The summed E-state index contributed by atoms with van der Waals surface area (Å²) < 4.78 is 34.5. The van der Waals surface area contributed by atoms with Crippen LogP contribution in [0.15, 0.2) is 108 Å². The molecule has 11 heteroatoms. The maximum atomic E-state index is 13.4. The first-order valence-electron chi connectivity index (χ1n) is 14.6. The number of carbonyl (C=O) groups is 2. The van der Waals surface area contributed by atoms with Gasteiger partial charge in [0, 0.05) is 48.5 Å². The SMILES string of the molecule is CN(C(=O)CN1CCOCC1)c1ccc(NC(=C2C(=O)Nc3ccc(S(=O)(=O)Nc4ccccc4)cc32)c2ccccc2)cc1. The molecule has 0 radical (unpaired) electrons. The van der Waals surface area contributed by atoms with Crippen molar-refractivity contribution >= 4 is 55.9 Å². The van der Waals surface area contributed by atoms with Crippen LogP contribution in [0.4, 0.5) is 22.7 Å². The van der Waals surface area contributed by atoms with Crippen molar-refractivity contribution in [2.75, 3.05) is 60.2 Å². The van der Waals surface area contributed by atoms with Crippen LogP contribution in [0, 0.1) is 0 Å². The highest BCUT2D eigenvalue weighted by molar-refractivity contribution is 7.92. The van der Waals surface area contributed by atoms with Gasteiger partial charge in [0.15, 0.2) is 0 Å². The summed E-state index contributed by atoms with van der Waals surface area (Å²) in [6.07, 6.45) is 0. The summed E-state index contributed by atoms with van der Waals surface area (Å²) in [7, 11) is -2.18. The smallest absolute Gasteiger partial charge is 0.261 e. The second kappa shape index (κ2) is 12.9. The van der Waals surface area contributed by atoms with Gasteiger partial charge in [-0.3, -0.25) is 19.2 Å². The van der Waals surface area contributed by atoms with Gasteiger partial charge in [-0.15, -0.1) is 0 Å². The fraction of sp³-hybridized carbons (Fsp3) is 0.176. The first-order chi connectivity index (χ1) is 21.8. The van der Waals surface area contributed by atoms with E-state index in [0.29, 0.717) is 53.7 Å². The van der Waals surface area contributed by atoms with Gasteiger partial charge in [-0.2, -0.15) is 0 Å². The molecule has 2 aliphatic heterocycles. The third-order valence-corrected chi connectivity index (χ3v) is 9.12. The average Bonchev–Trinajstić information content (AvgIpc) is 3.39. The van der Waals surface area contributed by atoms with Gasteiger partial charge in [-0.1, -0.05) is 48.5 Å². The molecule has 6 rings (SSSR count). The number of amides is 2. The van der Waals surface area contributed by atoms with E-state index in [9.17, 15) is 18.0 Å². The summed E-state index contributed by atoms with van der Waals surface area (Å²) in [6.45, 7) is 3.03. The van der Waals surface area contributed by atoms with Gasteiger partial charge in [0.1, 0.15) is 0 Å². The van der Waals surface area contributed by atoms with Crippen LogP contribution < -0.4 is 20.3 Å². The van der Waals surface area contributed by atoms with Gasteiger partial charge in [-0.25, -0.2) is 8.42 Å². The fourth-order valence-electron chi connectivity index (χ4n) is 5.28. The Morgan fingerprint density at radius 2 is 1.56 bits per heavy atom. The van der Waals surface area contributed by atoms with Gasteiger partial charge >= 0.3 is 0 Å². The molecular formula is C34H33N5O5S. The Hall–Kier alpha value is -4.97. The second-order valence-corrected chi connectivity index (χ2v) is 12.4. The average molecular weight is 624 g/mol. The van der Waals surface area contributed by atoms with Crippen LogP contribution in [0.5, 0.6) is 0 Å². The van der Waals surface area contributed by atoms with E-state index in [-0.39, 0.29) is 16.7 Å². The summed E-state index contributed by atoms with van der Waals surface area (Å²) in [6, 6.07) is 30.0. The standard InChI is InChI=1S/C34H33N5O5S/c1-38(31(40)23-39-18-20-44-21-19-39)27-14-12-25(13-15-27)35-33(24-8-4-2-5-9-24)32-29-22-28(16-17-30(29)36-34(32)41)45(42,43)37-26-10-6-3-7-11-26/h2-17,22,35,37H,18-21,23H2,1H3,(H,36,41). The first-order valence-corrected chi connectivity index (χ1v) is 16.0. The Morgan fingerprint density at radius 1 is 0.889 bits per heavy atom. The summed E-state index contributed by atoms with van der Waals surface area (Å²) in [5.74, 6) is -0.372. The normalized spacial score (nSPS) is 16.0. The number of hydrogen-bond donors (Lipinski definition) is 3. The molecule has 0 saturated carbocycles. The number of nitrogens with one attached hydrogen (secondary N) is 3. The van der Waals surface area contributed by atoms with Crippen molar-refractivity contribution in [2.45, 2.75) is 4.90 Å². The summed E-state index contributed by atoms with van der Waals surface area (Å²) in [5.41, 5.74) is 4.41. The van der Waals surface area contributed by atoms with Crippen LogP contribution >= 0.6 is 0 Å². The predicted molar refractivity (Wildman–Crippen MR) is 176 cm³/mol. The maximum absolute atomic E-state index is 13.4. The van der Waals surface area contributed by atoms with Crippen LogP contribution in [0.1, 0.15) is 11.1 Å². The van der Waals surface area contributed by atoms with Crippen LogP contribution in [-0.2, 0) is 24.3 Å². The molecule has 2 amide bonds. The number of rotatable bonds is 9. The molecule has 2 aliphatic rings. The van der Waals surface area contributed by atoms with Gasteiger partial charge < -0.3 is 20.3 Å². The van der Waals surface area contributed by atoms with E-state index in [0.717, 1.165) is 24.3 Å². The fourth-order valence-corrected chi connectivity index (χ4v) is 6.36. The quantitative estimate of drug-likeness (QED) is 0.231. The van der Waals surface area contributed by atoms with Gasteiger partial charge in [0.05, 0.1) is 35.9 Å². The number of benzene rings is 4. The van der Waals surface area contributed by atoms with Crippen LogP contribution in [0.3, 0.4) is 0 Å². The summed E-state index contributed by atoms with van der Waals surface area (Å²) >= 11 is 0. The number of fused-ring (bicyclic) bond motifs is 1. The van der Waals surface area contributed by atoms with Crippen LogP contribution in [0.25, 0.3) is 11.3 Å². The Bertz CT molecular complexity index is 1840. The monoisotopic (exact) mass is 623 g/mol. The molecule has 10 nitrogen and oxygen atoms in total. The van der Waals surface area contributed by atoms with Gasteiger partial charge in [0.25, 0.3) is 15.9 Å². The predicted octanol–water partition coefficient (Wildman–Crippen LogP) is 4.71. The zero-order valence-corrected chi connectivity index (χ0v) is 25.5. The lowest BCUT2D eigenvalue weighted by atomic mass is 10.00. The number of likely N-dealkylation sites (N-methyl/N-ethyl adjacent to an activating group) is 1. The zero-order valence-electron chi connectivity index (χ0n) is 24.7. The molecule has 0 unspecified atom stereocenters. The number of carbonyl (C=O) groups excluding carboxylic acids is 2.